The molecule has 6 nitrogen and oxygen atoms in total. The van der Waals surface area contributed by atoms with E-state index in [0.717, 1.165) is 51.5 Å². The minimum absolute atomic E-state index is 0.0934. The molecule has 3 aromatic rings. The first kappa shape index (κ1) is 26.4. The van der Waals surface area contributed by atoms with Crippen LogP contribution in [0.1, 0.15) is 89.0 Å². The second-order valence-electron chi connectivity index (χ2n) is 12.4. The van der Waals surface area contributed by atoms with E-state index >= 15 is 0 Å². The lowest BCUT2D eigenvalue weighted by molar-refractivity contribution is -0.124. The van der Waals surface area contributed by atoms with Gasteiger partial charge in [0.15, 0.2) is 0 Å². The highest BCUT2D eigenvalue weighted by Crippen LogP contribution is 2.33. The Morgan fingerprint density at radius 3 is 2.00 bits per heavy atom. The zero-order valence-electron chi connectivity index (χ0n) is 23.6. The Balaban J connectivity index is 0.957. The van der Waals surface area contributed by atoms with Gasteiger partial charge < -0.3 is 21.3 Å². The van der Waals surface area contributed by atoms with Gasteiger partial charge in [0.05, 0.1) is 24.2 Å². The summed E-state index contributed by atoms with van der Waals surface area (Å²) in [6.45, 7) is 1.49. The molecule has 212 valence electrons. The van der Waals surface area contributed by atoms with Crippen molar-refractivity contribution < 1.29 is 9.59 Å². The molecular weight excluding hydrogens is 508 g/mol. The lowest BCUT2D eigenvalue weighted by atomic mass is 9.86. The van der Waals surface area contributed by atoms with Crippen LogP contribution in [-0.4, -0.2) is 30.4 Å². The Morgan fingerprint density at radius 1 is 0.683 bits per heavy atom. The fourth-order valence-electron chi connectivity index (χ4n) is 7.52. The first-order valence-electron chi connectivity index (χ1n) is 15.5. The molecule has 1 saturated heterocycles. The van der Waals surface area contributed by atoms with Crippen LogP contribution in [0, 0.1) is 0 Å². The van der Waals surface area contributed by atoms with E-state index in [1.165, 1.54) is 38.9 Å². The highest BCUT2D eigenvalue weighted by molar-refractivity contribution is 5.83. The van der Waals surface area contributed by atoms with Gasteiger partial charge in [-0.15, -0.1) is 0 Å². The quantitative estimate of drug-likeness (QED) is 0.378. The molecule has 2 aliphatic heterocycles. The van der Waals surface area contributed by atoms with E-state index in [0.29, 0.717) is 18.9 Å². The zero-order valence-corrected chi connectivity index (χ0v) is 23.6. The molecule has 4 N–H and O–H groups in total. The summed E-state index contributed by atoms with van der Waals surface area (Å²) < 4.78 is 0. The number of carbonyl (C=O) groups excluding carboxylic acids is 2. The van der Waals surface area contributed by atoms with Gasteiger partial charge in [0.2, 0.25) is 11.8 Å². The Hall–Kier alpha value is -3.48. The molecule has 2 aliphatic carbocycles. The van der Waals surface area contributed by atoms with Crippen molar-refractivity contribution in [1.29, 1.82) is 0 Å². The molecular formula is C35H40N4O2. The molecule has 3 aromatic carbocycles. The number of rotatable bonds is 5. The predicted molar refractivity (Wildman–Crippen MR) is 160 cm³/mol. The largest absolute Gasteiger partial charge is 0.348 e. The number of nitrogens with one attached hydrogen (secondary N) is 4. The van der Waals surface area contributed by atoms with Crippen LogP contribution in [0.2, 0.25) is 0 Å². The predicted octanol–water partition coefficient (Wildman–Crippen LogP) is 4.53. The molecule has 2 amide bonds. The van der Waals surface area contributed by atoms with Crippen LogP contribution in [0.15, 0.2) is 66.7 Å². The molecule has 6 heteroatoms. The second kappa shape index (κ2) is 11.4. The van der Waals surface area contributed by atoms with Crippen molar-refractivity contribution in [2.24, 2.45) is 0 Å². The Labute approximate surface area is 242 Å². The third kappa shape index (κ3) is 5.43. The van der Waals surface area contributed by atoms with E-state index in [1.54, 1.807) is 0 Å². The number of hydrogen-bond donors (Lipinski definition) is 4. The molecule has 4 aliphatic rings. The standard InChI is InChI=1S/C35H40N4O2/c40-34(38-30-13-5-9-22-7-1-3-11-28(22)30)32-18-25-16-15-24(17-26(25)20-36-32)27-19-33(37-21-27)35(41)39-31-14-6-10-23-8-2-4-12-29(23)31/h1-4,7-8,11-12,15-17,27,30-33,36-37H,5-6,9-10,13-14,18-21H2,(H,38,40)(H,39,41)/t27?,30?,31?,32-,33-/m0/s1. The molecule has 2 heterocycles. The third-order valence-electron chi connectivity index (χ3n) is 9.80. The van der Waals surface area contributed by atoms with Crippen LogP contribution in [0.3, 0.4) is 0 Å². The average molecular weight is 549 g/mol. The van der Waals surface area contributed by atoms with Crippen molar-refractivity contribution >= 4 is 11.8 Å². The fourth-order valence-corrected chi connectivity index (χ4v) is 7.52. The summed E-state index contributed by atoms with van der Waals surface area (Å²) in [5.74, 6) is 0.515. The Kier molecular flexibility index (Phi) is 7.36. The van der Waals surface area contributed by atoms with E-state index in [4.69, 9.17) is 0 Å². The van der Waals surface area contributed by atoms with Crippen molar-refractivity contribution in [2.45, 2.75) is 88.0 Å². The van der Waals surface area contributed by atoms with Gasteiger partial charge in [0.1, 0.15) is 0 Å². The third-order valence-corrected chi connectivity index (χ3v) is 9.80. The van der Waals surface area contributed by atoms with Crippen molar-refractivity contribution in [3.05, 3.63) is 106 Å². The maximum Gasteiger partial charge on any atom is 0.237 e. The highest BCUT2D eigenvalue weighted by Gasteiger charge is 2.33. The molecule has 0 radical (unpaired) electrons. The minimum Gasteiger partial charge on any atom is -0.348 e. The van der Waals surface area contributed by atoms with Crippen LogP contribution >= 0.6 is 0 Å². The number of fused-ring (bicyclic) bond motifs is 3. The highest BCUT2D eigenvalue weighted by atomic mass is 16.2. The fraction of sp³-hybridized carbons (Fsp3) is 0.429. The van der Waals surface area contributed by atoms with Crippen molar-refractivity contribution in [2.75, 3.05) is 6.54 Å². The number of carbonyl (C=O) groups is 2. The topological polar surface area (TPSA) is 82.3 Å². The molecule has 7 rings (SSSR count). The molecule has 3 unspecified atom stereocenters. The number of aryl methyl sites for hydroxylation is 2. The maximum atomic E-state index is 13.3. The van der Waals surface area contributed by atoms with Gasteiger partial charge >= 0.3 is 0 Å². The summed E-state index contributed by atoms with van der Waals surface area (Å²) in [5.41, 5.74) is 9.06. The summed E-state index contributed by atoms with van der Waals surface area (Å²) >= 11 is 0. The maximum absolute atomic E-state index is 13.3. The summed E-state index contributed by atoms with van der Waals surface area (Å²) in [6.07, 6.45) is 7.92. The van der Waals surface area contributed by atoms with Gasteiger partial charge in [-0.2, -0.15) is 0 Å². The normalized spacial score (nSPS) is 26.8. The second-order valence-corrected chi connectivity index (χ2v) is 12.4. The van der Waals surface area contributed by atoms with Crippen LogP contribution in [0.25, 0.3) is 0 Å². The number of hydrogen-bond acceptors (Lipinski definition) is 4. The molecule has 0 bridgehead atoms. The van der Waals surface area contributed by atoms with Crippen molar-refractivity contribution in [1.82, 2.24) is 21.3 Å². The van der Waals surface area contributed by atoms with Gasteiger partial charge in [-0.3, -0.25) is 9.59 Å². The average Bonchev–Trinajstić information content (AvgIpc) is 3.52. The molecule has 41 heavy (non-hydrogen) atoms. The summed E-state index contributed by atoms with van der Waals surface area (Å²) in [4.78, 5) is 26.5. The zero-order chi connectivity index (χ0) is 27.8. The molecule has 1 fully saturated rings. The molecule has 0 aromatic heterocycles. The number of amides is 2. The van der Waals surface area contributed by atoms with Crippen molar-refractivity contribution in [3.63, 3.8) is 0 Å². The summed E-state index contributed by atoms with van der Waals surface area (Å²) in [7, 11) is 0. The first-order valence-corrected chi connectivity index (χ1v) is 15.5. The lowest BCUT2D eigenvalue weighted by Crippen LogP contribution is -2.48. The Morgan fingerprint density at radius 2 is 1.32 bits per heavy atom. The first-order chi connectivity index (χ1) is 20.1. The van der Waals surface area contributed by atoms with Gasteiger partial charge in [0, 0.05) is 13.1 Å². The van der Waals surface area contributed by atoms with Crippen LogP contribution < -0.4 is 21.3 Å². The van der Waals surface area contributed by atoms with E-state index in [-0.39, 0.29) is 36.0 Å². The molecule has 0 spiro atoms. The number of benzene rings is 3. The Bertz CT molecular complexity index is 1450. The van der Waals surface area contributed by atoms with Crippen LogP contribution in [0.4, 0.5) is 0 Å². The van der Waals surface area contributed by atoms with Gasteiger partial charge in [-0.1, -0.05) is 66.7 Å². The van der Waals surface area contributed by atoms with Gasteiger partial charge in [-0.25, -0.2) is 0 Å². The van der Waals surface area contributed by atoms with E-state index in [9.17, 15) is 9.59 Å². The minimum atomic E-state index is -0.214. The van der Waals surface area contributed by atoms with Crippen LogP contribution in [0.5, 0.6) is 0 Å². The van der Waals surface area contributed by atoms with Crippen molar-refractivity contribution in [3.8, 4) is 0 Å². The SMILES string of the molecule is O=C(NC1CCCc2ccccc21)[C@@H]1Cc2ccc(C3CN[C@H](C(=O)NC4CCCc5ccccc54)C3)cc2CN1. The van der Waals surface area contributed by atoms with E-state index < -0.39 is 0 Å². The monoisotopic (exact) mass is 548 g/mol. The van der Waals surface area contributed by atoms with Gasteiger partial charge in [-0.05, 0) is 96.2 Å². The van der Waals surface area contributed by atoms with Crippen LogP contribution in [-0.2, 0) is 35.4 Å². The lowest BCUT2D eigenvalue weighted by Gasteiger charge is -2.30. The summed E-state index contributed by atoms with van der Waals surface area (Å²) in [5, 5.41) is 13.7. The smallest absolute Gasteiger partial charge is 0.237 e. The molecule has 0 saturated carbocycles. The van der Waals surface area contributed by atoms with Gasteiger partial charge in [0.25, 0.3) is 0 Å². The van der Waals surface area contributed by atoms with E-state index in [2.05, 4.69) is 88.0 Å². The summed E-state index contributed by atoms with van der Waals surface area (Å²) in [6, 6.07) is 23.5. The molecule has 5 atom stereocenters. The van der Waals surface area contributed by atoms with E-state index in [1.807, 2.05) is 0 Å².